The van der Waals surface area contributed by atoms with Gasteiger partial charge in [-0.2, -0.15) is 0 Å². The summed E-state index contributed by atoms with van der Waals surface area (Å²) in [4.78, 5) is 20.8. The van der Waals surface area contributed by atoms with Crippen LogP contribution in [-0.2, 0) is 9.53 Å². The molecule has 4 rings (SSSR count). The number of carbonyl (C=O) groups excluding carboxylic acids is 1. The SMILES string of the molecule is CC(=O)N1CCOC(CN2CC(N3CCN(c4ccc(F)cc4)CC3)C2)C1. The van der Waals surface area contributed by atoms with Gasteiger partial charge in [-0.1, -0.05) is 0 Å². The van der Waals surface area contributed by atoms with E-state index in [1.54, 1.807) is 6.92 Å². The number of ether oxygens (including phenoxy) is 1. The Balaban J connectivity index is 1.18. The lowest BCUT2D eigenvalue weighted by Gasteiger charge is -2.49. The zero-order valence-electron chi connectivity index (χ0n) is 16.0. The first-order chi connectivity index (χ1) is 13.1. The highest BCUT2D eigenvalue weighted by Gasteiger charge is 2.35. The fourth-order valence-corrected chi connectivity index (χ4v) is 4.32. The van der Waals surface area contributed by atoms with Crippen LogP contribution in [0.4, 0.5) is 10.1 Å². The Kier molecular flexibility index (Phi) is 5.61. The molecule has 1 atom stereocenters. The Morgan fingerprint density at radius 3 is 2.44 bits per heavy atom. The van der Waals surface area contributed by atoms with E-state index in [1.807, 2.05) is 17.0 Å². The molecule has 6 nitrogen and oxygen atoms in total. The van der Waals surface area contributed by atoms with Gasteiger partial charge in [-0.3, -0.25) is 14.6 Å². The number of rotatable bonds is 4. The van der Waals surface area contributed by atoms with Crippen LogP contribution in [0.1, 0.15) is 6.92 Å². The minimum atomic E-state index is -0.180. The number of likely N-dealkylation sites (tertiary alicyclic amines) is 1. The number of hydrogen-bond donors (Lipinski definition) is 0. The van der Waals surface area contributed by atoms with Gasteiger partial charge in [0.1, 0.15) is 5.82 Å². The van der Waals surface area contributed by atoms with Gasteiger partial charge >= 0.3 is 0 Å². The number of benzene rings is 1. The van der Waals surface area contributed by atoms with Crippen LogP contribution in [0.15, 0.2) is 24.3 Å². The molecule has 0 aliphatic carbocycles. The Bertz CT molecular complexity index is 642. The summed E-state index contributed by atoms with van der Waals surface area (Å²) >= 11 is 0. The molecule has 0 radical (unpaired) electrons. The zero-order chi connectivity index (χ0) is 18.8. The maximum atomic E-state index is 13.1. The molecule has 27 heavy (non-hydrogen) atoms. The average molecular weight is 376 g/mol. The quantitative estimate of drug-likeness (QED) is 0.780. The van der Waals surface area contributed by atoms with Crippen molar-refractivity contribution in [3.8, 4) is 0 Å². The number of anilines is 1. The van der Waals surface area contributed by atoms with Gasteiger partial charge in [-0.15, -0.1) is 0 Å². The van der Waals surface area contributed by atoms with Crippen molar-refractivity contribution in [2.24, 2.45) is 0 Å². The standard InChI is InChI=1S/C20H29FN4O2/c1-16(26)25-10-11-27-20(15-25)14-22-12-19(13-22)24-8-6-23(7-9-24)18-4-2-17(21)3-5-18/h2-5,19-20H,6-15H2,1H3. The molecule has 7 heteroatoms. The van der Waals surface area contributed by atoms with E-state index in [4.69, 9.17) is 4.74 Å². The number of piperazine rings is 1. The van der Waals surface area contributed by atoms with Crippen LogP contribution in [0, 0.1) is 5.82 Å². The van der Waals surface area contributed by atoms with Crippen LogP contribution < -0.4 is 4.90 Å². The van der Waals surface area contributed by atoms with E-state index in [9.17, 15) is 9.18 Å². The van der Waals surface area contributed by atoms with E-state index in [0.29, 0.717) is 25.7 Å². The van der Waals surface area contributed by atoms with E-state index in [2.05, 4.69) is 14.7 Å². The summed E-state index contributed by atoms with van der Waals surface area (Å²) in [6.45, 7) is 10.9. The van der Waals surface area contributed by atoms with E-state index >= 15 is 0 Å². The zero-order valence-corrected chi connectivity index (χ0v) is 16.0. The maximum Gasteiger partial charge on any atom is 0.219 e. The first-order valence-electron chi connectivity index (χ1n) is 9.92. The molecular formula is C20H29FN4O2. The van der Waals surface area contributed by atoms with Gasteiger partial charge in [0.05, 0.1) is 12.7 Å². The van der Waals surface area contributed by atoms with Crippen LogP contribution in [-0.4, -0.2) is 98.3 Å². The molecule has 3 aliphatic rings. The van der Waals surface area contributed by atoms with Crippen molar-refractivity contribution in [2.75, 3.05) is 70.4 Å². The number of hydrogen-bond acceptors (Lipinski definition) is 5. The molecular weight excluding hydrogens is 347 g/mol. The summed E-state index contributed by atoms with van der Waals surface area (Å²) in [5.74, 6) is -0.0378. The second-order valence-corrected chi connectivity index (χ2v) is 7.83. The Morgan fingerprint density at radius 2 is 1.78 bits per heavy atom. The van der Waals surface area contributed by atoms with Crippen molar-refractivity contribution in [2.45, 2.75) is 19.1 Å². The largest absolute Gasteiger partial charge is 0.373 e. The number of halogens is 1. The molecule has 1 unspecified atom stereocenters. The Hall–Kier alpha value is -1.70. The summed E-state index contributed by atoms with van der Waals surface area (Å²) in [5.41, 5.74) is 1.11. The van der Waals surface area contributed by atoms with Gasteiger partial charge in [0.2, 0.25) is 5.91 Å². The van der Waals surface area contributed by atoms with Crippen molar-refractivity contribution in [3.63, 3.8) is 0 Å². The third-order valence-electron chi connectivity index (χ3n) is 6.01. The van der Waals surface area contributed by atoms with E-state index in [0.717, 1.165) is 51.5 Å². The summed E-state index contributed by atoms with van der Waals surface area (Å²) in [6, 6.07) is 7.42. The summed E-state index contributed by atoms with van der Waals surface area (Å²) in [7, 11) is 0. The minimum Gasteiger partial charge on any atom is -0.373 e. The van der Waals surface area contributed by atoms with Crippen molar-refractivity contribution < 1.29 is 13.9 Å². The smallest absolute Gasteiger partial charge is 0.219 e. The van der Waals surface area contributed by atoms with Gasteiger partial charge in [-0.05, 0) is 24.3 Å². The summed E-state index contributed by atoms with van der Waals surface area (Å²) in [6.07, 6.45) is 0.138. The summed E-state index contributed by atoms with van der Waals surface area (Å²) in [5, 5.41) is 0. The fraction of sp³-hybridized carbons (Fsp3) is 0.650. The molecule has 3 heterocycles. The molecule has 0 saturated carbocycles. The summed E-state index contributed by atoms with van der Waals surface area (Å²) < 4.78 is 18.9. The highest BCUT2D eigenvalue weighted by Crippen LogP contribution is 2.22. The molecule has 3 fully saturated rings. The van der Waals surface area contributed by atoms with Crippen molar-refractivity contribution in [1.82, 2.24) is 14.7 Å². The molecule has 0 aromatic heterocycles. The maximum absolute atomic E-state index is 13.1. The highest BCUT2D eigenvalue weighted by atomic mass is 19.1. The van der Waals surface area contributed by atoms with Gasteiger partial charge in [0.15, 0.2) is 0 Å². The fourth-order valence-electron chi connectivity index (χ4n) is 4.32. The van der Waals surface area contributed by atoms with E-state index < -0.39 is 0 Å². The van der Waals surface area contributed by atoms with Gasteiger partial charge in [0, 0.05) is 77.6 Å². The molecule has 0 spiro atoms. The lowest BCUT2D eigenvalue weighted by molar-refractivity contribution is -0.138. The molecule has 1 amide bonds. The minimum absolute atomic E-state index is 0.138. The van der Waals surface area contributed by atoms with Crippen LogP contribution in [0.2, 0.25) is 0 Å². The molecule has 0 N–H and O–H groups in total. The topological polar surface area (TPSA) is 39.3 Å². The third kappa shape index (κ3) is 4.42. The molecule has 1 aromatic rings. The Morgan fingerprint density at radius 1 is 1.07 bits per heavy atom. The Labute approximate surface area is 160 Å². The first kappa shape index (κ1) is 18.7. The average Bonchev–Trinajstić information content (AvgIpc) is 2.65. The molecule has 1 aromatic carbocycles. The number of morpholine rings is 1. The number of amides is 1. The van der Waals surface area contributed by atoms with Crippen molar-refractivity contribution in [3.05, 3.63) is 30.1 Å². The lowest BCUT2D eigenvalue weighted by atomic mass is 10.0. The molecule has 3 aliphatic heterocycles. The predicted octanol–water partition coefficient (Wildman–Crippen LogP) is 0.879. The van der Waals surface area contributed by atoms with Crippen LogP contribution in [0.3, 0.4) is 0 Å². The molecule has 0 bridgehead atoms. The normalized spacial score (nSPS) is 25.5. The van der Waals surface area contributed by atoms with E-state index in [1.165, 1.54) is 12.1 Å². The third-order valence-corrected chi connectivity index (χ3v) is 6.01. The van der Waals surface area contributed by atoms with Crippen LogP contribution in [0.25, 0.3) is 0 Å². The molecule has 148 valence electrons. The second kappa shape index (κ2) is 8.12. The van der Waals surface area contributed by atoms with Crippen LogP contribution in [0.5, 0.6) is 0 Å². The number of carbonyl (C=O) groups is 1. The van der Waals surface area contributed by atoms with Gasteiger partial charge in [-0.25, -0.2) is 4.39 Å². The monoisotopic (exact) mass is 376 g/mol. The predicted molar refractivity (Wildman–Crippen MR) is 102 cm³/mol. The van der Waals surface area contributed by atoms with Gasteiger partial charge in [0.25, 0.3) is 0 Å². The second-order valence-electron chi connectivity index (χ2n) is 7.83. The van der Waals surface area contributed by atoms with Crippen molar-refractivity contribution in [1.29, 1.82) is 0 Å². The van der Waals surface area contributed by atoms with E-state index in [-0.39, 0.29) is 17.8 Å². The van der Waals surface area contributed by atoms with Gasteiger partial charge < -0.3 is 14.5 Å². The van der Waals surface area contributed by atoms with Crippen molar-refractivity contribution >= 4 is 11.6 Å². The molecule has 3 saturated heterocycles. The van der Waals surface area contributed by atoms with Crippen LogP contribution >= 0.6 is 0 Å². The highest BCUT2D eigenvalue weighted by molar-refractivity contribution is 5.73. The lowest BCUT2D eigenvalue weighted by Crippen LogP contribution is -2.64. The first-order valence-corrected chi connectivity index (χ1v) is 9.92. The number of nitrogens with zero attached hydrogens (tertiary/aromatic N) is 4.